The van der Waals surface area contributed by atoms with Gasteiger partial charge in [-0.1, -0.05) is 60.7 Å². The molecule has 0 aliphatic rings. The van der Waals surface area contributed by atoms with E-state index in [0.29, 0.717) is 36.1 Å². The lowest BCUT2D eigenvalue weighted by Gasteiger charge is -2.19. The van der Waals surface area contributed by atoms with Crippen molar-refractivity contribution in [3.05, 3.63) is 135 Å². The molecule has 4 aromatic rings. The molecule has 2 N–H and O–H groups in total. The van der Waals surface area contributed by atoms with Crippen LogP contribution in [-0.4, -0.2) is 22.2 Å². The first-order chi connectivity index (χ1) is 17.4. The number of hydrogen-bond donors (Lipinski definition) is 2. The summed E-state index contributed by atoms with van der Waals surface area (Å²) < 4.78 is 19.7. The van der Waals surface area contributed by atoms with Crippen LogP contribution in [0, 0.1) is 5.82 Å². The van der Waals surface area contributed by atoms with Gasteiger partial charge in [0.1, 0.15) is 11.6 Å². The Morgan fingerprint density at radius 3 is 2.11 bits per heavy atom. The maximum absolute atomic E-state index is 14.4. The number of halogens is 1. The minimum Gasteiger partial charge on any atom is -0.479 e. The molecule has 0 radical (unpaired) electrons. The van der Waals surface area contributed by atoms with E-state index in [1.807, 2.05) is 42.5 Å². The number of carbonyl (C=O) groups is 1. The van der Waals surface area contributed by atoms with Crippen LogP contribution in [0.4, 0.5) is 4.39 Å². The van der Waals surface area contributed by atoms with Crippen LogP contribution in [0.2, 0.25) is 0 Å². The number of aromatic nitrogens is 1. The lowest BCUT2D eigenvalue weighted by atomic mass is 9.85. The molecule has 6 heteroatoms. The van der Waals surface area contributed by atoms with Gasteiger partial charge in [-0.2, -0.15) is 0 Å². The third-order valence-electron chi connectivity index (χ3n) is 6.17. The summed E-state index contributed by atoms with van der Waals surface area (Å²) in [5.74, 6) is -1.22. The predicted octanol–water partition coefficient (Wildman–Crippen LogP) is 5.72. The van der Waals surface area contributed by atoms with Crippen LogP contribution in [0.15, 0.2) is 95.9 Å². The van der Waals surface area contributed by atoms with Crippen molar-refractivity contribution in [1.29, 1.82) is 0 Å². The second-order valence-corrected chi connectivity index (χ2v) is 8.75. The molecule has 4 rings (SSSR count). The van der Waals surface area contributed by atoms with Crippen LogP contribution in [0.1, 0.15) is 47.1 Å². The molecule has 36 heavy (non-hydrogen) atoms. The largest absolute Gasteiger partial charge is 0.479 e. The van der Waals surface area contributed by atoms with Gasteiger partial charge in [-0.05, 0) is 72.7 Å². The molecule has 1 atom stereocenters. The number of aromatic amines is 1. The van der Waals surface area contributed by atoms with Crippen LogP contribution in [0.25, 0.3) is 0 Å². The fourth-order valence-corrected chi connectivity index (χ4v) is 4.31. The molecular formula is C30H28FNO4. The van der Waals surface area contributed by atoms with E-state index in [9.17, 15) is 14.0 Å². The van der Waals surface area contributed by atoms with E-state index in [-0.39, 0.29) is 17.3 Å². The second-order valence-electron chi connectivity index (χ2n) is 8.75. The Balaban J connectivity index is 1.53. The zero-order valence-corrected chi connectivity index (χ0v) is 20.0. The van der Waals surface area contributed by atoms with Gasteiger partial charge in [-0.25, -0.2) is 9.18 Å². The summed E-state index contributed by atoms with van der Waals surface area (Å²) in [6.45, 7) is 1.42. The van der Waals surface area contributed by atoms with Crippen molar-refractivity contribution >= 4 is 5.97 Å². The molecule has 5 nitrogen and oxygen atoms in total. The van der Waals surface area contributed by atoms with Crippen LogP contribution >= 0.6 is 0 Å². The van der Waals surface area contributed by atoms with Crippen molar-refractivity contribution in [2.24, 2.45) is 0 Å². The van der Waals surface area contributed by atoms with E-state index in [0.717, 1.165) is 16.7 Å². The van der Waals surface area contributed by atoms with Gasteiger partial charge in [0.15, 0.2) is 6.10 Å². The first-order valence-electron chi connectivity index (χ1n) is 11.9. The van der Waals surface area contributed by atoms with Gasteiger partial charge in [-0.3, -0.25) is 4.79 Å². The van der Waals surface area contributed by atoms with E-state index < -0.39 is 12.1 Å². The molecule has 0 saturated carbocycles. The van der Waals surface area contributed by atoms with Gasteiger partial charge in [0.25, 0.3) is 5.56 Å². The normalized spacial score (nSPS) is 11.9. The van der Waals surface area contributed by atoms with Gasteiger partial charge in [0.05, 0.1) is 0 Å². The lowest BCUT2D eigenvalue weighted by molar-refractivity contribution is -0.144. The monoisotopic (exact) mass is 485 g/mol. The van der Waals surface area contributed by atoms with Crippen molar-refractivity contribution in [1.82, 2.24) is 4.98 Å². The molecule has 184 valence electrons. The quantitative estimate of drug-likeness (QED) is 0.301. The molecule has 3 aromatic carbocycles. The van der Waals surface area contributed by atoms with Gasteiger partial charge in [0.2, 0.25) is 0 Å². The zero-order chi connectivity index (χ0) is 25.5. The standard InChI is InChI=1S/C30H28FNO4/c1-20(30(34)35)36-26-15-16-27(31)23(18-26)13-8-14-24-17-25(19-32-29(24)33)28(21-9-4-2-5-10-21)22-11-6-3-7-12-22/h2-7,9-12,15-20,28H,8,13-14H2,1H3,(H,32,33)(H,34,35)/t20-/m0/s1. The zero-order valence-electron chi connectivity index (χ0n) is 20.0. The second kappa shape index (κ2) is 11.5. The summed E-state index contributed by atoms with van der Waals surface area (Å²) in [6.07, 6.45) is 2.13. The van der Waals surface area contributed by atoms with E-state index in [2.05, 4.69) is 29.2 Å². The Morgan fingerprint density at radius 1 is 0.889 bits per heavy atom. The average Bonchev–Trinajstić information content (AvgIpc) is 2.89. The summed E-state index contributed by atoms with van der Waals surface area (Å²) in [5.41, 5.74) is 4.12. The summed E-state index contributed by atoms with van der Waals surface area (Å²) in [7, 11) is 0. The van der Waals surface area contributed by atoms with Crippen molar-refractivity contribution < 1.29 is 19.0 Å². The highest BCUT2D eigenvalue weighted by atomic mass is 19.1. The van der Waals surface area contributed by atoms with E-state index in [1.165, 1.54) is 25.1 Å². The molecule has 0 spiro atoms. The maximum Gasteiger partial charge on any atom is 0.344 e. The van der Waals surface area contributed by atoms with E-state index >= 15 is 0 Å². The Morgan fingerprint density at radius 2 is 1.50 bits per heavy atom. The Bertz CT molecular complexity index is 1330. The smallest absolute Gasteiger partial charge is 0.344 e. The van der Waals surface area contributed by atoms with Gasteiger partial charge >= 0.3 is 5.97 Å². The SMILES string of the molecule is C[C@H](Oc1ccc(F)c(CCCc2cc(C(c3ccccc3)c3ccccc3)c[nH]c2=O)c1)C(=O)O. The Hall–Kier alpha value is -4.19. The topological polar surface area (TPSA) is 79.4 Å². The Labute approximate surface area is 209 Å². The number of carboxylic acids is 1. The van der Waals surface area contributed by atoms with E-state index in [1.54, 1.807) is 6.20 Å². The van der Waals surface area contributed by atoms with Crippen molar-refractivity contribution in [2.75, 3.05) is 0 Å². The third kappa shape index (κ3) is 6.08. The van der Waals surface area contributed by atoms with Crippen molar-refractivity contribution in [3.8, 4) is 5.75 Å². The fourth-order valence-electron chi connectivity index (χ4n) is 4.31. The van der Waals surface area contributed by atoms with Crippen LogP contribution in [0.5, 0.6) is 5.75 Å². The minimum atomic E-state index is -1.09. The predicted molar refractivity (Wildman–Crippen MR) is 137 cm³/mol. The highest BCUT2D eigenvalue weighted by molar-refractivity contribution is 5.72. The summed E-state index contributed by atoms with van der Waals surface area (Å²) >= 11 is 0. The van der Waals surface area contributed by atoms with Crippen molar-refractivity contribution in [2.45, 2.75) is 38.2 Å². The summed E-state index contributed by atoms with van der Waals surface area (Å²) in [4.78, 5) is 26.5. The molecule has 0 bridgehead atoms. The van der Waals surface area contributed by atoms with Gasteiger partial charge in [-0.15, -0.1) is 0 Å². The Kier molecular flexibility index (Phi) is 7.95. The first-order valence-corrected chi connectivity index (χ1v) is 11.9. The van der Waals surface area contributed by atoms with Crippen LogP contribution in [-0.2, 0) is 17.6 Å². The van der Waals surface area contributed by atoms with E-state index in [4.69, 9.17) is 9.84 Å². The van der Waals surface area contributed by atoms with Gasteiger partial charge in [0, 0.05) is 17.7 Å². The highest BCUT2D eigenvalue weighted by Crippen LogP contribution is 2.31. The average molecular weight is 486 g/mol. The number of nitrogens with one attached hydrogen (secondary N) is 1. The molecule has 0 fully saturated rings. The minimum absolute atomic E-state index is 0.0366. The summed E-state index contributed by atoms with van der Waals surface area (Å²) in [5, 5.41) is 9.04. The number of aryl methyl sites for hydroxylation is 2. The molecule has 0 unspecified atom stereocenters. The number of ether oxygens (including phenoxy) is 1. The van der Waals surface area contributed by atoms with Crippen molar-refractivity contribution in [3.63, 3.8) is 0 Å². The molecule has 1 aromatic heterocycles. The first kappa shape index (κ1) is 24.9. The molecular weight excluding hydrogens is 457 g/mol. The van der Waals surface area contributed by atoms with Crippen LogP contribution < -0.4 is 10.3 Å². The molecule has 0 aliphatic carbocycles. The molecule has 0 aliphatic heterocycles. The number of benzene rings is 3. The molecule has 0 saturated heterocycles. The number of rotatable bonds is 10. The fraction of sp³-hybridized carbons (Fsp3) is 0.200. The highest BCUT2D eigenvalue weighted by Gasteiger charge is 2.18. The number of aliphatic carboxylic acids is 1. The number of carboxylic acid groups (broad SMARTS) is 1. The maximum atomic E-state index is 14.4. The lowest BCUT2D eigenvalue weighted by Crippen LogP contribution is -2.22. The number of H-pyrrole nitrogens is 1. The number of hydrogen-bond acceptors (Lipinski definition) is 3. The molecule has 0 amide bonds. The third-order valence-corrected chi connectivity index (χ3v) is 6.17. The van der Waals surface area contributed by atoms with Gasteiger partial charge < -0.3 is 14.8 Å². The molecule has 1 heterocycles. The number of pyridine rings is 1. The summed E-state index contributed by atoms with van der Waals surface area (Å²) in [6, 6.07) is 26.4. The van der Waals surface area contributed by atoms with Crippen LogP contribution in [0.3, 0.4) is 0 Å².